The minimum Gasteiger partial charge on any atom is -0.454 e. The van der Waals surface area contributed by atoms with Gasteiger partial charge >= 0.3 is 0 Å². The molecule has 0 spiro atoms. The molecular weight excluding hydrogens is 330 g/mol. The lowest BCUT2D eigenvalue weighted by Crippen LogP contribution is -2.07. The molecule has 1 fully saturated rings. The molecule has 0 radical (unpaired) electrons. The van der Waals surface area contributed by atoms with E-state index in [4.69, 9.17) is 9.47 Å². The largest absolute Gasteiger partial charge is 0.454 e. The molecule has 1 aromatic carbocycles. The zero-order valence-corrected chi connectivity index (χ0v) is 14.0. The number of hydrogen-bond acceptors (Lipinski definition) is 7. The van der Waals surface area contributed by atoms with Gasteiger partial charge in [-0.3, -0.25) is 4.98 Å². The molecule has 2 aliphatic rings. The molecule has 0 unspecified atom stereocenters. The lowest BCUT2D eigenvalue weighted by atomic mass is 10.2. The number of aromatic nitrogens is 3. The molecule has 7 nitrogen and oxygen atoms in total. The number of rotatable bonds is 5. The van der Waals surface area contributed by atoms with Crippen LogP contribution in [0.3, 0.4) is 0 Å². The molecule has 3 heterocycles. The zero-order valence-electron chi connectivity index (χ0n) is 14.0. The maximum absolute atomic E-state index is 5.44. The van der Waals surface area contributed by atoms with Gasteiger partial charge in [0.25, 0.3) is 0 Å². The van der Waals surface area contributed by atoms with Crippen molar-refractivity contribution in [1.29, 1.82) is 0 Å². The van der Waals surface area contributed by atoms with Crippen molar-refractivity contribution in [3.8, 4) is 22.8 Å². The van der Waals surface area contributed by atoms with Crippen LogP contribution in [0.15, 0.2) is 48.8 Å². The van der Waals surface area contributed by atoms with Crippen LogP contribution in [0.2, 0.25) is 0 Å². The van der Waals surface area contributed by atoms with Gasteiger partial charge in [0.15, 0.2) is 11.5 Å². The van der Waals surface area contributed by atoms with Gasteiger partial charge in [-0.25, -0.2) is 4.98 Å². The second-order valence-electron chi connectivity index (χ2n) is 6.31. The highest BCUT2D eigenvalue weighted by atomic mass is 16.7. The lowest BCUT2D eigenvalue weighted by Gasteiger charge is -2.11. The van der Waals surface area contributed by atoms with E-state index in [0.717, 1.165) is 41.3 Å². The van der Waals surface area contributed by atoms with Crippen molar-refractivity contribution in [2.45, 2.75) is 18.9 Å². The Labute approximate surface area is 150 Å². The molecule has 0 amide bonds. The van der Waals surface area contributed by atoms with Crippen LogP contribution in [0.1, 0.15) is 12.8 Å². The minimum absolute atomic E-state index is 0.258. The van der Waals surface area contributed by atoms with Crippen LogP contribution >= 0.6 is 0 Å². The first kappa shape index (κ1) is 14.9. The third-order valence-corrected chi connectivity index (χ3v) is 4.26. The van der Waals surface area contributed by atoms with E-state index >= 15 is 0 Å². The highest BCUT2D eigenvalue weighted by Crippen LogP contribution is 2.35. The van der Waals surface area contributed by atoms with Crippen LogP contribution in [0.4, 0.5) is 17.5 Å². The van der Waals surface area contributed by atoms with E-state index in [1.54, 1.807) is 12.4 Å². The predicted octanol–water partition coefficient (Wildman–Crippen LogP) is 3.59. The Morgan fingerprint density at radius 2 is 1.77 bits per heavy atom. The van der Waals surface area contributed by atoms with E-state index in [9.17, 15) is 0 Å². The summed E-state index contributed by atoms with van der Waals surface area (Å²) in [7, 11) is 0. The molecule has 1 saturated carbocycles. The van der Waals surface area contributed by atoms with Gasteiger partial charge in [-0.15, -0.1) is 0 Å². The molecule has 0 atom stereocenters. The van der Waals surface area contributed by atoms with Gasteiger partial charge in [-0.1, -0.05) is 0 Å². The van der Waals surface area contributed by atoms with Gasteiger partial charge in [-0.05, 0) is 37.1 Å². The Kier molecular flexibility index (Phi) is 3.55. The highest BCUT2D eigenvalue weighted by Gasteiger charge is 2.22. The van der Waals surface area contributed by atoms with Crippen molar-refractivity contribution < 1.29 is 9.47 Å². The summed E-state index contributed by atoms with van der Waals surface area (Å²) >= 11 is 0. The van der Waals surface area contributed by atoms with Crippen molar-refractivity contribution in [3.63, 3.8) is 0 Å². The van der Waals surface area contributed by atoms with Crippen LogP contribution < -0.4 is 20.1 Å². The quantitative estimate of drug-likeness (QED) is 0.730. The number of nitrogens with one attached hydrogen (secondary N) is 2. The average Bonchev–Trinajstić information content (AvgIpc) is 3.36. The van der Waals surface area contributed by atoms with Crippen molar-refractivity contribution in [2.24, 2.45) is 0 Å². The first-order valence-electron chi connectivity index (χ1n) is 8.56. The fraction of sp³-hybridized carbons (Fsp3) is 0.211. The molecular formula is C19H17N5O2. The Balaban J connectivity index is 1.48. The second-order valence-corrected chi connectivity index (χ2v) is 6.31. The number of hydrogen-bond donors (Lipinski definition) is 2. The summed E-state index contributed by atoms with van der Waals surface area (Å²) in [6, 6.07) is 12.0. The number of benzene rings is 1. The molecule has 26 heavy (non-hydrogen) atoms. The van der Waals surface area contributed by atoms with Crippen LogP contribution in [-0.2, 0) is 0 Å². The van der Waals surface area contributed by atoms with Crippen LogP contribution in [0.25, 0.3) is 11.3 Å². The van der Waals surface area contributed by atoms with Crippen molar-refractivity contribution in [3.05, 3.63) is 48.8 Å². The second kappa shape index (κ2) is 6.18. The number of fused-ring (bicyclic) bond motifs is 1. The van der Waals surface area contributed by atoms with Gasteiger partial charge in [0.1, 0.15) is 5.82 Å². The summed E-state index contributed by atoms with van der Waals surface area (Å²) in [5.41, 5.74) is 2.72. The summed E-state index contributed by atoms with van der Waals surface area (Å²) < 4.78 is 10.8. The summed E-state index contributed by atoms with van der Waals surface area (Å²) in [4.78, 5) is 13.3. The first-order chi connectivity index (χ1) is 12.8. The molecule has 2 N–H and O–H groups in total. The maximum atomic E-state index is 5.44. The summed E-state index contributed by atoms with van der Waals surface area (Å²) in [6.07, 6.45) is 5.84. The van der Waals surface area contributed by atoms with Gasteiger partial charge in [0.2, 0.25) is 12.7 Å². The van der Waals surface area contributed by atoms with E-state index in [-0.39, 0.29) is 6.79 Å². The smallest absolute Gasteiger partial charge is 0.231 e. The van der Waals surface area contributed by atoms with E-state index in [0.29, 0.717) is 17.8 Å². The molecule has 0 bridgehead atoms. The third kappa shape index (κ3) is 3.11. The van der Waals surface area contributed by atoms with Crippen molar-refractivity contribution >= 4 is 17.5 Å². The number of pyridine rings is 1. The van der Waals surface area contributed by atoms with Crippen molar-refractivity contribution in [2.75, 3.05) is 17.4 Å². The molecule has 7 heteroatoms. The molecule has 5 rings (SSSR count). The normalized spacial score (nSPS) is 14.9. The van der Waals surface area contributed by atoms with E-state index in [2.05, 4.69) is 25.6 Å². The summed E-state index contributed by atoms with van der Waals surface area (Å²) in [5, 5.41) is 6.71. The van der Waals surface area contributed by atoms with Crippen LogP contribution in [0.5, 0.6) is 11.5 Å². The highest BCUT2D eigenvalue weighted by molar-refractivity contribution is 5.68. The molecule has 1 aliphatic heterocycles. The molecule has 3 aromatic rings. The number of anilines is 3. The van der Waals surface area contributed by atoms with Gasteiger partial charge < -0.3 is 20.1 Å². The number of ether oxygens (including phenoxy) is 2. The average molecular weight is 347 g/mol. The molecule has 1 aliphatic carbocycles. The summed E-state index contributed by atoms with van der Waals surface area (Å²) in [5.74, 6) is 2.83. The van der Waals surface area contributed by atoms with E-state index in [1.807, 2.05) is 36.4 Å². The van der Waals surface area contributed by atoms with Gasteiger partial charge in [0.05, 0.1) is 5.69 Å². The maximum Gasteiger partial charge on any atom is 0.231 e. The fourth-order valence-corrected chi connectivity index (χ4v) is 2.78. The lowest BCUT2D eigenvalue weighted by molar-refractivity contribution is 0.174. The molecule has 0 saturated heterocycles. The SMILES string of the molecule is c1cc(-c2cc(Nc3ccc4c(c3)OCO4)nc(NC3CC3)n2)ccn1. The van der Waals surface area contributed by atoms with Gasteiger partial charge in [-0.2, -0.15) is 4.98 Å². The van der Waals surface area contributed by atoms with E-state index in [1.165, 1.54) is 0 Å². The Bertz CT molecular complexity index is 944. The third-order valence-electron chi connectivity index (χ3n) is 4.26. The van der Waals surface area contributed by atoms with Gasteiger partial charge in [0, 0.05) is 41.8 Å². The topological polar surface area (TPSA) is 81.2 Å². The summed E-state index contributed by atoms with van der Waals surface area (Å²) in [6.45, 7) is 0.258. The standard InChI is InChI=1S/C19H17N5O2/c1-2-13(1)22-19-23-15(12-5-7-20-8-6-12)10-18(24-19)21-14-3-4-16-17(9-14)26-11-25-16/h3-10,13H,1-2,11H2,(H2,21,22,23,24). The Morgan fingerprint density at radius 1 is 0.923 bits per heavy atom. The Hall–Kier alpha value is -3.35. The van der Waals surface area contributed by atoms with E-state index < -0.39 is 0 Å². The van der Waals surface area contributed by atoms with Crippen LogP contribution in [0, 0.1) is 0 Å². The minimum atomic E-state index is 0.258. The number of nitrogens with zero attached hydrogens (tertiary/aromatic N) is 3. The van der Waals surface area contributed by atoms with Crippen LogP contribution in [-0.4, -0.2) is 27.8 Å². The molecule has 2 aromatic heterocycles. The molecule has 130 valence electrons. The Morgan fingerprint density at radius 3 is 2.62 bits per heavy atom. The monoisotopic (exact) mass is 347 g/mol. The van der Waals surface area contributed by atoms with Crippen molar-refractivity contribution in [1.82, 2.24) is 15.0 Å². The predicted molar refractivity (Wildman–Crippen MR) is 97.8 cm³/mol. The fourth-order valence-electron chi connectivity index (χ4n) is 2.78. The first-order valence-corrected chi connectivity index (χ1v) is 8.56. The zero-order chi connectivity index (χ0) is 17.3.